The van der Waals surface area contributed by atoms with Crippen LogP contribution in [-0.2, 0) is 4.79 Å². The zero-order chi connectivity index (χ0) is 21.1. The quantitative estimate of drug-likeness (QED) is 0.740. The predicted octanol–water partition coefficient (Wildman–Crippen LogP) is 4.41. The van der Waals surface area contributed by atoms with E-state index in [1.807, 2.05) is 36.4 Å². The number of nitrogens with zero attached hydrogens (tertiary/aromatic N) is 3. The molecule has 2 aromatic rings. The summed E-state index contributed by atoms with van der Waals surface area (Å²) < 4.78 is 5.28. The van der Waals surface area contributed by atoms with Gasteiger partial charge < -0.3 is 4.74 Å². The highest BCUT2D eigenvalue weighted by Crippen LogP contribution is 2.35. The van der Waals surface area contributed by atoms with E-state index in [0.717, 1.165) is 55.3 Å². The van der Waals surface area contributed by atoms with Crippen molar-refractivity contribution in [1.29, 1.82) is 0 Å². The van der Waals surface area contributed by atoms with Crippen molar-refractivity contribution in [2.24, 2.45) is 11.0 Å². The summed E-state index contributed by atoms with van der Waals surface area (Å²) in [6.07, 6.45) is 3.05. The summed E-state index contributed by atoms with van der Waals surface area (Å²) in [5, 5.41) is 6.56. The molecule has 2 aliphatic rings. The highest BCUT2D eigenvalue weighted by molar-refractivity contribution is 6.03. The number of aryl methyl sites for hydroxylation is 1. The zero-order valence-electron chi connectivity index (χ0n) is 18.2. The molecule has 0 aliphatic carbocycles. The van der Waals surface area contributed by atoms with Gasteiger partial charge in [0.25, 0.3) is 5.91 Å². The molecule has 5 nitrogen and oxygen atoms in total. The number of piperidine rings is 1. The molecule has 158 valence electrons. The molecule has 2 heterocycles. The Balaban J connectivity index is 1.59. The number of hydrogen-bond acceptors (Lipinski definition) is 4. The molecule has 30 heavy (non-hydrogen) atoms. The minimum Gasteiger partial charge on any atom is -0.497 e. The third kappa shape index (κ3) is 4.41. The van der Waals surface area contributed by atoms with Crippen molar-refractivity contribution in [3.63, 3.8) is 0 Å². The second-order valence-electron chi connectivity index (χ2n) is 8.55. The van der Waals surface area contributed by atoms with Crippen molar-refractivity contribution in [1.82, 2.24) is 9.91 Å². The molecule has 1 unspecified atom stereocenters. The van der Waals surface area contributed by atoms with E-state index < -0.39 is 0 Å². The number of methoxy groups -OCH3 is 1. The lowest BCUT2D eigenvalue weighted by atomic mass is 9.95. The van der Waals surface area contributed by atoms with Crippen LogP contribution in [0.3, 0.4) is 0 Å². The van der Waals surface area contributed by atoms with Gasteiger partial charge in [-0.1, -0.05) is 31.2 Å². The number of likely N-dealkylation sites (tertiary alicyclic amines) is 1. The van der Waals surface area contributed by atoms with Gasteiger partial charge in [0.1, 0.15) is 5.75 Å². The van der Waals surface area contributed by atoms with Gasteiger partial charge in [0.15, 0.2) is 0 Å². The average molecular weight is 406 g/mol. The molecule has 0 aromatic heterocycles. The van der Waals surface area contributed by atoms with Gasteiger partial charge >= 0.3 is 0 Å². The summed E-state index contributed by atoms with van der Waals surface area (Å²) in [7, 11) is 1.66. The van der Waals surface area contributed by atoms with Crippen LogP contribution >= 0.6 is 0 Å². The second-order valence-corrected chi connectivity index (χ2v) is 8.55. The van der Waals surface area contributed by atoms with Crippen molar-refractivity contribution in [3.8, 4) is 5.75 Å². The zero-order valence-corrected chi connectivity index (χ0v) is 18.2. The van der Waals surface area contributed by atoms with Crippen molar-refractivity contribution < 1.29 is 9.53 Å². The Morgan fingerprint density at radius 2 is 1.80 bits per heavy atom. The Bertz CT molecular complexity index is 914. The molecule has 0 spiro atoms. The van der Waals surface area contributed by atoms with Gasteiger partial charge in [0, 0.05) is 6.42 Å². The van der Waals surface area contributed by atoms with E-state index in [0.29, 0.717) is 6.54 Å². The Kier molecular flexibility index (Phi) is 6.18. The number of hydrazone groups is 1. The van der Waals surface area contributed by atoms with Crippen LogP contribution in [0.4, 0.5) is 0 Å². The summed E-state index contributed by atoms with van der Waals surface area (Å²) in [5.74, 6) is 1.66. The maximum Gasteiger partial charge on any atom is 0.257 e. The fraction of sp³-hybridized carbons (Fsp3) is 0.440. The lowest BCUT2D eigenvalue weighted by Crippen LogP contribution is -2.41. The molecule has 1 atom stereocenters. The van der Waals surface area contributed by atoms with E-state index in [-0.39, 0.29) is 11.9 Å². The summed E-state index contributed by atoms with van der Waals surface area (Å²) >= 11 is 0. The summed E-state index contributed by atoms with van der Waals surface area (Å²) in [6, 6.07) is 16.2. The van der Waals surface area contributed by atoms with E-state index in [1.165, 1.54) is 11.1 Å². The number of carbonyl (C=O) groups excluding carboxylic acids is 1. The first kappa shape index (κ1) is 20.6. The van der Waals surface area contributed by atoms with Crippen LogP contribution < -0.4 is 4.74 Å². The van der Waals surface area contributed by atoms with Gasteiger partial charge in [0.05, 0.1) is 25.4 Å². The van der Waals surface area contributed by atoms with Crippen LogP contribution in [0, 0.1) is 12.8 Å². The minimum absolute atomic E-state index is 0.0560. The van der Waals surface area contributed by atoms with E-state index >= 15 is 0 Å². The maximum absolute atomic E-state index is 13.3. The van der Waals surface area contributed by atoms with Crippen molar-refractivity contribution in [2.75, 3.05) is 26.7 Å². The molecule has 2 aromatic carbocycles. The standard InChI is InChI=1S/C25H31N3O2/c1-18-12-14-27(15-13-18)17-25(29)28-24(22-7-5-4-6-19(22)2)16-23(26-28)20-8-10-21(30-3)11-9-20/h4-11,18,24H,12-17H2,1-3H3. The van der Waals surface area contributed by atoms with Gasteiger partial charge in [-0.3, -0.25) is 9.69 Å². The molecule has 0 radical (unpaired) electrons. The maximum atomic E-state index is 13.3. The lowest BCUT2D eigenvalue weighted by molar-refractivity contribution is -0.134. The molecule has 0 saturated carbocycles. The Morgan fingerprint density at radius 1 is 1.10 bits per heavy atom. The first-order chi connectivity index (χ1) is 14.5. The van der Waals surface area contributed by atoms with Crippen molar-refractivity contribution in [2.45, 2.75) is 39.2 Å². The molecular weight excluding hydrogens is 374 g/mol. The smallest absolute Gasteiger partial charge is 0.257 e. The predicted molar refractivity (Wildman–Crippen MR) is 120 cm³/mol. The first-order valence-electron chi connectivity index (χ1n) is 10.9. The minimum atomic E-state index is -0.0560. The summed E-state index contributed by atoms with van der Waals surface area (Å²) in [4.78, 5) is 15.6. The second kappa shape index (κ2) is 9.00. The molecule has 1 fully saturated rings. The molecule has 1 saturated heterocycles. The van der Waals surface area contributed by atoms with Crippen LogP contribution in [0.15, 0.2) is 53.6 Å². The number of amides is 1. The van der Waals surface area contributed by atoms with Gasteiger partial charge in [-0.15, -0.1) is 0 Å². The van der Waals surface area contributed by atoms with E-state index in [2.05, 4.69) is 30.9 Å². The highest BCUT2D eigenvalue weighted by Gasteiger charge is 2.34. The van der Waals surface area contributed by atoms with Crippen molar-refractivity contribution in [3.05, 3.63) is 65.2 Å². The molecule has 2 aliphatic heterocycles. The Labute approximate surface area is 179 Å². The number of benzene rings is 2. The topological polar surface area (TPSA) is 45.1 Å². The van der Waals surface area contributed by atoms with Crippen molar-refractivity contribution >= 4 is 11.6 Å². The Hall–Kier alpha value is -2.66. The van der Waals surface area contributed by atoms with Crippen LogP contribution in [0.25, 0.3) is 0 Å². The molecular formula is C25H31N3O2. The number of ether oxygens (including phenoxy) is 1. The van der Waals surface area contributed by atoms with Gasteiger partial charge in [-0.25, -0.2) is 5.01 Å². The first-order valence-corrected chi connectivity index (χ1v) is 10.9. The molecule has 0 N–H and O–H groups in total. The van der Waals surface area contributed by atoms with Gasteiger partial charge in [-0.2, -0.15) is 5.10 Å². The fourth-order valence-electron chi connectivity index (χ4n) is 4.39. The Morgan fingerprint density at radius 3 is 2.47 bits per heavy atom. The number of hydrogen-bond donors (Lipinski definition) is 0. The normalized spacial score (nSPS) is 20.3. The number of carbonyl (C=O) groups is 1. The van der Waals surface area contributed by atoms with Crippen LogP contribution in [0.1, 0.15) is 48.9 Å². The monoisotopic (exact) mass is 405 g/mol. The van der Waals surface area contributed by atoms with E-state index in [9.17, 15) is 4.79 Å². The van der Waals surface area contributed by atoms with Gasteiger partial charge in [-0.05, 0) is 79.7 Å². The van der Waals surface area contributed by atoms with Crippen LogP contribution in [-0.4, -0.2) is 48.3 Å². The summed E-state index contributed by atoms with van der Waals surface area (Å²) in [5.41, 5.74) is 4.35. The lowest BCUT2D eigenvalue weighted by Gasteiger charge is -2.31. The average Bonchev–Trinajstić information content (AvgIpc) is 3.21. The molecule has 0 bridgehead atoms. The van der Waals surface area contributed by atoms with E-state index in [1.54, 1.807) is 12.1 Å². The highest BCUT2D eigenvalue weighted by atomic mass is 16.5. The SMILES string of the molecule is COc1ccc(C2=NN(C(=O)CN3CCC(C)CC3)C(c3ccccc3C)C2)cc1. The molecule has 1 amide bonds. The van der Waals surface area contributed by atoms with Crippen LogP contribution in [0.5, 0.6) is 5.75 Å². The van der Waals surface area contributed by atoms with Gasteiger partial charge in [0.2, 0.25) is 0 Å². The number of rotatable bonds is 5. The molecule has 4 rings (SSSR count). The molecule has 5 heteroatoms. The fourth-order valence-corrected chi connectivity index (χ4v) is 4.39. The third-order valence-corrected chi connectivity index (χ3v) is 6.37. The third-order valence-electron chi connectivity index (χ3n) is 6.37. The largest absolute Gasteiger partial charge is 0.497 e. The van der Waals surface area contributed by atoms with E-state index in [4.69, 9.17) is 9.84 Å². The van der Waals surface area contributed by atoms with Crippen LogP contribution in [0.2, 0.25) is 0 Å². The summed E-state index contributed by atoms with van der Waals surface area (Å²) in [6.45, 7) is 6.82.